The van der Waals surface area contributed by atoms with Crippen LogP contribution in [0.4, 0.5) is 0 Å². The van der Waals surface area contributed by atoms with Crippen LogP contribution in [-0.2, 0) is 6.54 Å². The molecule has 0 saturated heterocycles. The lowest BCUT2D eigenvalue weighted by Crippen LogP contribution is -2.14. The van der Waals surface area contributed by atoms with Crippen molar-refractivity contribution in [1.29, 1.82) is 0 Å². The first-order valence-electron chi connectivity index (χ1n) is 5.82. The van der Waals surface area contributed by atoms with Gasteiger partial charge >= 0.3 is 0 Å². The summed E-state index contributed by atoms with van der Waals surface area (Å²) in [6.07, 6.45) is 6.33. The summed E-state index contributed by atoms with van der Waals surface area (Å²) in [6.45, 7) is 6.36. The molecule has 1 N–H and O–H groups in total. The number of nitrogens with zero attached hydrogens (tertiary/aromatic N) is 2. The van der Waals surface area contributed by atoms with Crippen molar-refractivity contribution in [2.45, 2.75) is 39.2 Å². The minimum Gasteiger partial charge on any atom is -0.313 e. The van der Waals surface area contributed by atoms with E-state index in [1.54, 1.807) is 0 Å². The third-order valence-electron chi connectivity index (χ3n) is 2.92. The van der Waals surface area contributed by atoms with Gasteiger partial charge in [-0.15, -0.1) is 0 Å². The molecule has 0 spiro atoms. The molecule has 2 rings (SSSR count). The van der Waals surface area contributed by atoms with E-state index in [1.807, 2.05) is 12.4 Å². The van der Waals surface area contributed by atoms with Crippen molar-refractivity contribution in [2.75, 3.05) is 6.54 Å². The highest BCUT2D eigenvalue weighted by atomic mass is 14.9. The van der Waals surface area contributed by atoms with E-state index in [0.29, 0.717) is 5.92 Å². The van der Waals surface area contributed by atoms with Crippen LogP contribution in [0.5, 0.6) is 0 Å². The number of hydrogen-bond acceptors (Lipinski definition) is 3. The van der Waals surface area contributed by atoms with E-state index in [4.69, 9.17) is 0 Å². The summed E-state index contributed by atoms with van der Waals surface area (Å²) in [5.74, 6) is 2.44. The Kier molecular flexibility index (Phi) is 3.31. The summed E-state index contributed by atoms with van der Waals surface area (Å²) in [4.78, 5) is 8.84. The zero-order valence-corrected chi connectivity index (χ0v) is 9.53. The fourth-order valence-corrected chi connectivity index (χ4v) is 1.74. The van der Waals surface area contributed by atoms with Crippen molar-refractivity contribution in [3.8, 4) is 0 Å². The lowest BCUT2D eigenvalue weighted by atomic mass is 10.3. The van der Waals surface area contributed by atoms with E-state index in [1.165, 1.54) is 18.4 Å². The molecule has 0 bridgehead atoms. The molecule has 1 fully saturated rings. The van der Waals surface area contributed by atoms with Gasteiger partial charge in [0.05, 0.1) is 0 Å². The van der Waals surface area contributed by atoms with Crippen LogP contribution < -0.4 is 5.32 Å². The highest BCUT2D eigenvalue weighted by Crippen LogP contribution is 2.44. The molecule has 15 heavy (non-hydrogen) atoms. The molecular weight excluding hydrogens is 186 g/mol. The van der Waals surface area contributed by atoms with Crippen LogP contribution in [0.3, 0.4) is 0 Å². The molecule has 0 aromatic carbocycles. The van der Waals surface area contributed by atoms with E-state index >= 15 is 0 Å². The quantitative estimate of drug-likeness (QED) is 0.748. The average molecular weight is 205 g/mol. The summed E-state index contributed by atoms with van der Waals surface area (Å²) in [5.41, 5.74) is 1.18. The Morgan fingerprint density at radius 2 is 2.07 bits per heavy atom. The van der Waals surface area contributed by atoms with Gasteiger partial charge in [-0.1, -0.05) is 13.8 Å². The van der Waals surface area contributed by atoms with Crippen LogP contribution in [0.25, 0.3) is 0 Å². The van der Waals surface area contributed by atoms with Gasteiger partial charge in [-0.2, -0.15) is 0 Å². The minimum atomic E-state index is 0.627. The van der Waals surface area contributed by atoms with E-state index in [-0.39, 0.29) is 0 Å². The van der Waals surface area contributed by atoms with Gasteiger partial charge in [0.1, 0.15) is 5.82 Å². The molecule has 0 amide bonds. The lowest BCUT2D eigenvalue weighted by Gasteiger charge is -2.03. The summed E-state index contributed by atoms with van der Waals surface area (Å²) in [5, 5.41) is 3.34. The molecule has 1 aromatic heterocycles. The minimum absolute atomic E-state index is 0.627. The molecule has 1 heterocycles. The third-order valence-corrected chi connectivity index (χ3v) is 2.92. The highest BCUT2D eigenvalue weighted by molar-refractivity contribution is 5.12. The lowest BCUT2D eigenvalue weighted by molar-refractivity contribution is 0.669. The Balaban J connectivity index is 1.87. The van der Waals surface area contributed by atoms with Gasteiger partial charge in [0.2, 0.25) is 0 Å². The van der Waals surface area contributed by atoms with Crippen LogP contribution in [0, 0.1) is 5.92 Å². The SMILES string of the molecule is CCCNCc1cnc(C2CC2C)nc1. The predicted octanol–water partition coefficient (Wildman–Crippen LogP) is 2.10. The number of hydrogen-bond donors (Lipinski definition) is 1. The number of aromatic nitrogens is 2. The zero-order valence-electron chi connectivity index (χ0n) is 9.53. The van der Waals surface area contributed by atoms with Gasteiger partial charge in [0.15, 0.2) is 0 Å². The topological polar surface area (TPSA) is 37.8 Å². The van der Waals surface area contributed by atoms with Crippen molar-refractivity contribution in [1.82, 2.24) is 15.3 Å². The fourth-order valence-electron chi connectivity index (χ4n) is 1.74. The van der Waals surface area contributed by atoms with Gasteiger partial charge in [0, 0.05) is 30.4 Å². The van der Waals surface area contributed by atoms with Crippen LogP contribution in [0.2, 0.25) is 0 Å². The smallest absolute Gasteiger partial charge is 0.131 e. The predicted molar refractivity (Wildman–Crippen MR) is 60.6 cm³/mol. The highest BCUT2D eigenvalue weighted by Gasteiger charge is 2.36. The summed E-state index contributed by atoms with van der Waals surface area (Å²) < 4.78 is 0. The van der Waals surface area contributed by atoms with Crippen molar-refractivity contribution in [2.24, 2.45) is 5.92 Å². The molecular formula is C12H19N3. The molecule has 3 heteroatoms. The first kappa shape index (κ1) is 10.6. The van der Waals surface area contributed by atoms with Crippen molar-refractivity contribution >= 4 is 0 Å². The first-order chi connectivity index (χ1) is 7.31. The Morgan fingerprint density at radius 3 is 2.60 bits per heavy atom. The molecule has 1 aromatic rings. The molecule has 1 aliphatic carbocycles. The monoisotopic (exact) mass is 205 g/mol. The van der Waals surface area contributed by atoms with E-state index in [9.17, 15) is 0 Å². The summed E-state index contributed by atoms with van der Waals surface area (Å²) >= 11 is 0. The first-order valence-corrected chi connectivity index (χ1v) is 5.82. The van der Waals surface area contributed by atoms with Crippen LogP contribution in [0.15, 0.2) is 12.4 Å². The number of nitrogens with one attached hydrogen (secondary N) is 1. The number of rotatable bonds is 5. The molecule has 0 aliphatic heterocycles. The van der Waals surface area contributed by atoms with Crippen LogP contribution >= 0.6 is 0 Å². The van der Waals surface area contributed by atoms with Crippen LogP contribution in [-0.4, -0.2) is 16.5 Å². The van der Waals surface area contributed by atoms with Crippen molar-refractivity contribution in [3.63, 3.8) is 0 Å². The van der Waals surface area contributed by atoms with E-state index < -0.39 is 0 Å². The Bertz CT molecular complexity index is 307. The Morgan fingerprint density at radius 1 is 1.40 bits per heavy atom. The van der Waals surface area contributed by atoms with Gasteiger partial charge in [-0.05, 0) is 25.3 Å². The molecule has 82 valence electrons. The molecule has 3 nitrogen and oxygen atoms in total. The maximum absolute atomic E-state index is 4.42. The maximum Gasteiger partial charge on any atom is 0.131 e. The largest absolute Gasteiger partial charge is 0.313 e. The van der Waals surface area contributed by atoms with Crippen molar-refractivity contribution < 1.29 is 0 Å². The van der Waals surface area contributed by atoms with Crippen molar-refractivity contribution in [3.05, 3.63) is 23.8 Å². The summed E-state index contributed by atoms with van der Waals surface area (Å²) in [6, 6.07) is 0. The van der Waals surface area contributed by atoms with E-state index in [2.05, 4.69) is 29.1 Å². The second kappa shape index (κ2) is 4.71. The van der Waals surface area contributed by atoms with Gasteiger partial charge in [-0.25, -0.2) is 9.97 Å². The normalized spacial score (nSPS) is 24.1. The van der Waals surface area contributed by atoms with E-state index in [0.717, 1.165) is 24.8 Å². The summed E-state index contributed by atoms with van der Waals surface area (Å²) in [7, 11) is 0. The van der Waals surface area contributed by atoms with Gasteiger partial charge in [0.25, 0.3) is 0 Å². The fraction of sp³-hybridized carbons (Fsp3) is 0.667. The Hall–Kier alpha value is -0.960. The molecule has 1 aliphatic rings. The second-order valence-electron chi connectivity index (χ2n) is 4.45. The van der Waals surface area contributed by atoms with Gasteiger partial charge in [-0.3, -0.25) is 0 Å². The second-order valence-corrected chi connectivity index (χ2v) is 4.45. The standard InChI is InChI=1S/C12H19N3/c1-3-4-13-6-10-7-14-12(15-8-10)11-5-9(11)2/h7-9,11,13H,3-6H2,1-2H3. The molecule has 2 atom stereocenters. The molecule has 0 radical (unpaired) electrons. The maximum atomic E-state index is 4.42. The van der Waals surface area contributed by atoms with Gasteiger partial charge < -0.3 is 5.32 Å². The van der Waals surface area contributed by atoms with Crippen LogP contribution in [0.1, 0.15) is 44.0 Å². The molecule has 2 unspecified atom stereocenters. The third kappa shape index (κ3) is 2.75. The zero-order chi connectivity index (χ0) is 10.7. The Labute approximate surface area is 91.3 Å². The molecule has 1 saturated carbocycles. The average Bonchev–Trinajstić information content (AvgIpc) is 2.97.